The highest BCUT2D eigenvalue weighted by Crippen LogP contribution is 2.41. The van der Waals surface area contributed by atoms with Crippen molar-refractivity contribution in [3.05, 3.63) is 249 Å². The van der Waals surface area contributed by atoms with Gasteiger partial charge in [0, 0.05) is 17.1 Å². The van der Waals surface area contributed by atoms with Crippen molar-refractivity contribution in [1.82, 2.24) is 0 Å². The van der Waals surface area contributed by atoms with Gasteiger partial charge in [-0.15, -0.1) is 0 Å². The predicted molar refractivity (Wildman–Crippen MR) is 251 cm³/mol. The fourth-order valence-corrected chi connectivity index (χ4v) is 8.38. The third-order valence-corrected chi connectivity index (χ3v) is 11.3. The van der Waals surface area contributed by atoms with Crippen LogP contribution in [0.15, 0.2) is 249 Å². The van der Waals surface area contributed by atoms with Gasteiger partial charge in [-0.05, 0) is 120 Å². The summed E-state index contributed by atoms with van der Waals surface area (Å²) in [4.78, 5) is 2.36. The first-order chi connectivity index (χ1) is 29.3. The lowest BCUT2D eigenvalue weighted by Gasteiger charge is -2.26. The van der Waals surface area contributed by atoms with Gasteiger partial charge in [0.1, 0.15) is 0 Å². The first kappa shape index (κ1) is 35.7. The van der Waals surface area contributed by atoms with Crippen LogP contribution in [-0.2, 0) is 0 Å². The summed E-state index contributed by atoms with van der Waals surface area (Å²) in [5, 5.41) is 2.50. The van der Waals surface area contributed by atoms with E-state index in [9.17, 15) is 0 Å². The van der Waals surface area contributed by atoms with Crippen molar-refractivity contribution in [2.45, 2.75) is 0 Å². The standard InChI is InChI=1S/C58H41N/c1-4-15-42(16-5-1)44-29-35-51(36-30-44)59(53-39-33-47(34-40-53)57-28-14-22-48-21-13-27-56(58(48)57)45-19-8-3-9-20-45)52-37-31-46(32-38-52)54-25-10-11-26-55(54)50-24-12-23-49(41-50)43-17-6-2-7-18-43/h1-41H. The van der Waals surface area contributed by atoms with E-state index in [1.165, 1.54) is 77.5 Å². The highest BCUT2D eigenvalue weighted by molar-refractivity contribution is 6.06. The minimum atomic E-state index is 1.09. The Morgan fingerprint density at radius 3 is 1.05 bits per heavy atom. The molecule has 0 radical (unpaired) electrons. The molecule has 1 heteroatoms. The third kappa shape index (κ3) is 7.23. The lowest BCUT2D eigenvalue weighted by atomic mass is 9.91. The number of fused-ring (bicyclic) bond motifs is 1. The Labute approximate surface area is 346 Å². The Balaban J connectivity index is 1.03. The summed E-state index contributed by atoms with van der Waals surface area (Å²) in [6, 6.07) is 89.7. The van der Waals surface area contributed by atoms with Crippen LogP contribution in [0.2, 0.25) is 0 Å². The second kappa shape index (κ2) is 16.0. The lowest BCUT2D eigenvalue weighted by Crippen LogP contribution is -2.09. The maximum absolute atomic E-state index is 2.36. The van der Waals surface area contributed by atoms with Crippen molar-refractivity contribution in [2.75, 3.05) is 4.90 Å². The molecule has 0 heterocycles. The predicted octanol–water partition coefficient (Wildman–Crippen LogP) is 16.3. The van der Waals surface area contributed by atoms with Crippen LogP contribution in [0.1, 0.15) is 0 Å². The SMILES string of the molecule is c1ccc(-c2ccc(N(c3ccc(-c4ccccc4-c4cccc(-c5ccccc5)c4)cc3)c3ccc(-c4cccc5cccc(-c6ccccc6)c45)cc3)cc2)cc1. The van der Waals surface area contributed by atoms with Gasteiger partial charge in [-0.3, -0.25) is 0 Å². The zero-order chi connectivity index (χ0) is 39.4. The van der Waals surface area contributed by atoms with E-state index < -0.39 is 0 Å². The molecule has 0 aliphatic carbocycles. The van der Waals surface area contributed by atoms with Gasteiger partial charge in [-0.25, -0.2) is 0 Å². The van der Waals surface area contributed by atoms with Crippen molar-refractivity contribution in [1.29, 1.82) is 0 Å². The van der Waals surface area contributed by atoms with Gasteiger partial charge in [0.25, 0.3) is 0 Å². The molecule has 278 valence electrons. The number of hydrogen-bond acceptors (Lipinski definition) is 1. The topological polar surface area (TPSA) is 3.24 Å². The van der Waals surface area contributed by atoms with Crippen LogP contribution in [0.5, 0.6) is 0 Å². The van der Waals surface area contributed by atoms with Crippen molar-refractivity contribution in [3.8, 4) is 66.8 Å². The number of hydrogen-bond donors (Lipinski definition) is 0. The molecule has 0 unspecified atom stereocenters. The highest BCUT2D eigenvalue weighted by Gasteiger charge is 2.16. The van der Waals surface area contributed by atoms with Crippen molar-refractivity contribution in [3.63, 3.8) is 0 Å². The van der Waals surface area contributed by atoms with Gasteiger partial charge in [0.2, 0.25) is 0 Å². The van der Waals surface area contributed by atoms with Gasteiger partial charge < -0.3 is 4.90 Å². The Morgan fingerprint density at radius 1 is 0.203 bits per heavy atom. The molecule has 0 bridgehead atoms. The van der Waals surface area contributed by atoms with Gasteiger partial charge in [-0.2, -0.15) is 0 Å². The molecule has 10 rings (SSSR count). The minimum absolute atomic E-state index is 1.09. The second-order valence-corrected chi connectivity index (χ2v) is 14.9. The van der Waals surface area contributed by atoms with Crippen LogP contribution in [0.4, 0.5) is 17.1 Å². The largest absolute Gasteiger partial charge is 0.311 e. The summed E-state index contributed by atoms with van der Waals surface area (Å²) in [7, 11) is 0. The first-order valence-electron chi connectivity index (χ1n) is 20.3. The van der Waals surface area contributed by atoms with E-state index in [0.717, 1.165) is 17.1 Å². The Kier molecular flexibility index (Phi) is 9.68. The molecule has 1 nitrogen and oxygen atoms in total. The number of anilines is 3. The molecule has 0 spiro atoms. The van der Waals surface area contributed by atoms with Crippen LogP contribution in [-0.4, -0.2) is 0 Å². The lowest BCUT2D eigenvalue weighted by molar-refractivity contribution is 1.28. The summed E-state index contributed by atoms with van der Waals surface area (Å²) in [6.07, 6.45) is 0. The summed E-state index contributed by atoms with van der Waals surface area (Å²) in [6.45, 7) is 0. The number of rotatable bonds is 9. The van der Waals surface area contributed by atoms with Crippen molar-refractivity contribution in [2.24, 2.45) is 0 Å². The fraction of sp³-hybridized carbons (Fsp3) is 0. The van der Waals surface area contributed by atoms with Crippen LogP contribution in [0.3, 0.4) is 0 Å². The Bertz CT molecular complexity index is 2980. The molecule has 0 saturated heterocycles. The molecule has 0 aromatic heterocycles. The average molecular weight is 752 g/mol. The molecule has 0 amide bonds. The van der Waals surface area contributed by atoms with Gasteiger partial charge in [0.05, 0.1) is 0 Å². The zero-order valence-corrected chi connectivity index (χ0v) is 32.6. The van der Waals surface area contributed by atoms with E-state index in [-0.39, 0.29) is 0 Å². The third-order valence-electron chi connectivity index (χ3n) is 11.3. The van der Waals surface area contributed by atoms with E-state index >= 15 is 0 Å². The average Bonchev–Trinajstić information content (AvgIpc) is 3.33. The van der Waals surface area contributed by atoms with Crippen LogP contribution in [0, 0.1) is 0 Å². The monoisotopic (exact) mass is 751 g/mol. The molecule has 10 aromatic rings. The van der Waals surface area contributed by atoms with E-state index in [4.69, 9.17) is 0 Å². The van der Waals surface area contributed by atoms with E-state index in [1.54, 1.807) is 0 Å². The van der Waals surface area contributed by atoms with E-state index in [2.05, 4.69) is 254 Å². The molecule has 10 aromatic carbocycles. The summed E-state index contributed by atoms with van der Waals surface area (Å²) < 4.78 is 0. The minimum Gasteiger partial charge on any atom is -0.311 e. The second-order valence-electron chi connectivity index (χ2n) is 14.9. The van der Waals surface area contributed by atoms with Crippen LogP contribution < -0.4 is 4.90 Å². The number of benzene rings is 10. The first-order valence-corrected chi connectivity index (χ1v) is 20.3. The molecule has 0 atom stereocenters. The molecule has 0 aliphatic heterocycles. The maximum Gasteiger partial charge on any atom is 0.0462 e. The Morgan fingerprint density at radius 2 is 0.525 bits per heavy atom. The Hall–Kier alpha value is -7.74. The molecule has 0 aliphatic rings. The summed E-state index contributed by atoms with van der Waals surface area (Å²) >= 11 is 0. The number of nitrogens with zero attached hydrogens (tertiary/aromatic N) is 1. The smallest absolute Gasteiger partial charge is 0.0462 e. The summed E-state index contributed by atoms with van der Waals surface area (Å²) in [5.41, 5.74) is 17.8. The molecule has 59 heavy (non-hydrogen) atoms. The molecular formula is C58H41N. The quantitative estimate of drug-likeness (QED) is 0.142. The van der Waals surface area contributed by atoms with E-state index in [1.807, 2.05) is 0 Å². The van der Waals surface area contributed by atoms with E-state index in [0.29, 0.717) is 0 Å². The van der Waals surface area contributed by atoms with Crippen LogP contribution >= 0.6 is 0 Å². The summed E-state index contributed by atoms with van der Waals surface area (Å²) in [5.74, 6) is 0. The maximum atomic E-state index is 2.36. The zero-order valence-electron chi connectivity index (χ0n) is 32.6. The van der Waals surface area contributed by atoms with Crippen LogP contribution in [0.25, 0.3) is 77.5 Å². The highest BCUT2D eigenvalue weighted by atomic mass is 15.1. The normalized spacial score (nSPS) is 11.1. The van der Waals surface area contributed by atoms with Gasteiger partial charge in [0.15, 0.2) is 0 Å². The molecule has 0 fully saturated rings. The molecular weight excluding hydrogens is 711 g/mol. The molecule has 0 N–H and O–H groups in total. The van der Waals surface area contributed by atoms with Gasteiger partial charge >= 0.3 is 0 Å². The fourth-order valence-electron chi connectivity index (χ4n) is 8.38. The van der Waals surface area contributed by atoms with Crippen molar-refractivity contribution < 1.29 is 0 Å². The molecule has 0 saturated carbocycles. The van der Waals surface area contributed by atoms with Gasteiger partial charge in [-0.1, -0.05) is 206 Å². The van der Waals surface area contributed by atoms with Crippen molar-refractivity contribution >= 4 is 27.8 Å².